The summed E-state index contributed by atoms with van der Waals surface area (Å²) >= 11 is 0. The number of primary amides is 1. The fourth-order valence-corrected chi connectivity index (χ4v) is 2.19. The van der Waals surface area contributed by atoms with Crippen LogP contribution in [-0.4, -0.2) is 15.8 Å². The molecule has 0 spiro atoms. The summed E-state index contributed by atoms with van der Waals surface area (Å²) in [5.41, 5.74) is 6.71. The first-order valence-corrected chi connectivity index (χ1v) is 6.22. The molecule has 4 N–H and O–H groups in total. The second kappa shape index (κ2) is 6.02. The molecule has 0 radical (unpaired) electrons. The Balaban J connectivity index is 3.69. The fourth-order valence-electron chi connectivity index (χ4n) is 2.19. The molecule has 0 saturated heterocycles. The van der Waals surface area contributed by atoms with E-state index in [0.29, 0.717) is 12.1 Å². The minimum atomic E-state index is -2.01. The molecule has 1 atom stereocenters. The van der Waals surface area contributed by atoms with E-state index >= 15 is 0 Å². The van der Waals surface area contributed by atoms with Crippen LogP contribution in [0.25, 0.3) is 0 Å². The standard InChI is InChI=1S/C12H15FN4O5/c1-6(2)5-12(15,11(14)18)7-3-8(13)10(17(21)22)4-9(7)16(19)20/h3-4,6H,5,15H2,1-2H3,(H2,14,18)/t12-/m0/s1. The number of nitrogens with two attached hydrogens (primary N) is 2. The monoisotopic (exact) mass is 314 g/mol. The summed E-state index contributed by atoms with van der Waals surface area (Å²) in [5.74, 6) is -2.60. The minimum Gasteiger partial charge on any atom is -0.368 e. The zero-order valence-electron chi connectivity index (χ0n) is 11.9. The van der Waals surface area contributed by atoms with Gasteiger partial charge < -0.3 is 11.5 Å². The first-order valence-electron chi connectivity index (χ1n) is 6.22. The molecule has 1 amide bonds. The number of hydrogen-bond acceptors (Lipinski definition) is 6. The van der Waals surface area contributed by atoms with Crippen LogP contribution in [0.3, 0.4) is 0 Å². The lowest BCUT2D eigenvalue weighted by Crippen LogP contribution is -2.50. The van der Waals surface area contributed by atoms with Gasteiger partial charge in [-0.25, -0.2) is 0 Å². The van der Waals surface area contributed by atoms with Crippen molar-refractivity contribution < 1.29 is 19.0 Å². The highest BCUT2D eigenvalue weighted by Gasteiger charge is 2.42. The Morgan fingerprint density at radius 3 is 2.14 bits per heavy atom. The molecule has 0 aliphatic rings. The number of benzene rings is 1. The maximum atomic E-state index is 13.8. The van der Waals surface area contributed by atoms with Crippen LogP contribution in [0, 0.1) is 32.0 Å². The molecule has 0 aromatic heterocycles. The maximum Gasteiger partial charge on any atom is 0.311 e. The third-order valence-corrected chi connectivity index (χ3v) is 3.11. The summed E-state index contributed by atoms with van der Waals surface area (Å²) in [4.78, 5) is 31.4. The van der Waals surface area contributed by atoms with Crippen molar-refractivity contribution in [3.8, 4) is 0 Å². The number of nitro groups is 2. The van der Waals surface area contributed by atoms with Gasteiger partial charge in [-0.15, -0.1) is 0 Å². The molecule has 0 bridgehead atoms. The van der Waals surface area contributed by atoms with Gasteiger partial charge in [0.2, 0.25) is 11.7 Å². The number of carbonyl (C=O) groups is 1. The maximum absolute atomic E-state index is 13.8. The number of rotatable bonds is 6. The largest absolute Gasteiger partial charge is 0.368 e. The molecule has 120 valence electrons. The van der Waals surface area contributed by atoms with Gasteiger partial charge in [-0.05, 0) is 18.4 Å². The molecule has 0 aliphatic carbocycles. The van der Waals surface area contributed by atoms with Crippen LogP contribution >= 0.6 is 0 Å². The Kier molecular flexibility index (Phi) is 4.77. The summed E-state index contributed by atoms with van der Waals surface area (Å²) in [5, 5.41) is 21.8. The van der Waals surface area contributed by atoms with Gasteiger partial charge in [0.25, 0.3) is 5.69 Å². The molecule has 0 aliphatic heterocycles. The summed E-state index contributed by atoms with van der Waals surface area (Å²) in [6.45, 7) is 3.39. The molecule has 0 fully saturated rings. The molecule has 1 aromatic carbocycles. The number of halogens is 1. The Morgan fingerprint density at radius 1 is 1.27 bits per heavy atom. The zero-order chi connectivity index (χ0) is 17.2. The lowest BCUT2D eigenvalue weighted by Gasteiger charge is -2.27. The second-order valence-corrected chi connectivity index (χ2v) is 5.27. The van der Waals surface area contributed by atoms with Crippen molar-refractivity contribution in [2.24, 2.45) is 17.4 Å². The second-order valence-electron chi connectivity index (χ2n) is 5.27. The summed E-state index contributed by atoms with van der Waals surface area (Å²) in [6.07, 6.45) is -0.0829. The predicted octanol–water partition coefficient (Wildman–Crippen LogP) is 1.33. The zero-order valence-corrected chi connectivity index (χ0v) is 11.9. The SMILES string of the molecule is CC(C)C[C@@](N)(C(N)=O)c1cc(F)c([N+](=O)[O-])cc1[N+](=O)[O-]. The van der Waals surface area contributed by atoms with Gasteiger partial charge in [0, 0.05) is 0 Å². The van der Waals surface area contributed by atoms with E-state index < -0.39 is 44.0 Å². The number of nitrogens with zero attached hydrogens (tertiary/aromatic N) is 2. The van der Waals surface area contributed by atoms with Gasteiger partial charge in [0.1, 0.15) is 5.54 Å². The third kappa shape index (κ3) is 3.17. The highest BCUT2D eigenvalue weighted by molar-refractivity contribution is 5.87. The summed E-state index contributed by atoms with van der Waals surface area (Å²) in [6, 6.07) is 0.971. The fraction of sp³-hybridized carbons (Fsp3) is 0.417. The van der Waals surface area contributed by atoms with E-state index in [1.54, 1.807) is 13.8 Å². The van der Waals surface area contributed by atoms with Crippen molar-refractivity contribution in [1.82, 2.24) is 0 Å². The molecule has 9 nitrogen and oxygen atoms in total. The molecule has 10 heteroatoms. The van der Waals surface area contributed by atoms with Crippen molar-refractivity contribution in [2.45, 2.75) is 25.8 Å². The molecular weight excluding hydrogens is 299 g/mol. The first kappa shape index (κ1) is 17.4. The topological polar surface area (TPSA) is 155 Å². The predicted molar refractivity (Wildman–Crippen MR) is 74.2 cm³/mol. The van der Waals surface area contributed by atoms with E-state index in [2.05, 4.69) is 0 Å². The van der Waals surface area contributed by atoms with Crippen LogP contribution in [0.15, 0.2) is 12.1 Å². The van der Waals surface area contributed by atoms with Gasteiger partial charge in [-0.1, -0.05) is 13.8 Å². The average molecular weight is 314 g/mol. The van der Waals surface area contributed by atoms with Crippen LogP contribution in [-0.2, 0) is 10.3 Å². The van der Waals surface area contributed by atoms with Gasteiger partial charge >= 0.3 is 5.69 Å². The molecular formula is C12H15FN4O5. The third-order valence-electron chi connectivity index (χ3n) is 3.11. The highest BCUT2D eigenvalue weighted by Crippen LogP contribution is 2.36. The van der Waals surface area contributed by atoms with Crippen molar-refractivity contribution >= 4 is 17.3 Å². The normalized spacial score (nSPS) is 13.7. The Bertz CT molecular complexity index is 649. The van der Waals surface area contributed by atoms with E-state index in [0.717, 1.165) is 0 Å². The molecule has 1 rings (SSSR count). The van der Waals surface area contributed by atoms with Crippen LogP contribution in [0.5, 0.6) is 0 Å². The minimum absolute atomic E-state index is 0.0829. The van der Waals surface area contributed by atoms with Crippen molar-refractivity contribution in [1.29, 1.82) is 0 Å². The molecule has 0 heterocycles. The highest BCUT2D eigenvalue weighted by atomic mass is 19.1. The van der Waals surface area contributed by atoms with Gasteiger partial charge in [-0.2, -0.15) is 4.39 Å². The van der Waals surface area contributed by atoms with E-state index in [4.69, 9.17) is 11.5 Å². The van der Waals surface area contributed by atoms with Crippen molar-refractivity contribution in [2.75, 3.05) is 0 Å². The number of hydrogen-bond donors (Lipinski definition) is 2. The molecule has 22 heavy (non-hydrogen) atoms. The van der Waals surface area contributed by atoms with Gasteiger partial charge in [0.15, 0.2) is 0 Å². The lowest BCUT2D eigenvalue weighted by molar-refractivity contribution is -0.396. The van der Waals surface area contributed by atoms with E-state index in [9.17, 15) is 29.4 Å². The first-order chi connectivity index (χ1) is 10.0. The van der Waals surface area contributed by atoms with Crippen LogP contribution in [0.2, 0.25) is 0 Å². The number of amides is 1. The quantitative estimate of drug-likeness (QED) is 0.595. The van der Waals surface area contributed by atoms with E-state index in [1.807, 2.05) is 0 Å². The van der Waals surface area contributed by atoms with Crippen molar-refractivity contribution in [3.63, 3.8) is 0 Å². The van der Waals surface area contributed by atoms with Crippen molar-refractivity contribution in [3.05, 3.63) is 43.7 Å². The van der Waals surface area contributed by atoms with Gasteiger partial charge in [0.05, 0.1) is 21.5 Å². The molecule has 0 saturated carbocycles. The molecule has 1 aromatic rings. The van der Waals surface area contributed by atoms with Crippen LogP contribution in [0.4, 0.5) is 15.8 Å². The Hall–Kier alpha value is -2.62. The van der Waals surface area contributed by atoms with E-state index in [1.165, 1.54) is 0 Å². The van der Waals surface area contributed by atoms with E-state index in [-0.39, 0.29) is 12.3 Å². The van der Waals surface area contributed by atoms with Crippen LogP contribution in [0.1, 0.15) is 25.8 Å². The summed E-state index contributed by atoms with van der Waals surface area (Å²) in [7, 11) is 0. The van der Waals surface area contributed by atoms with Gasteiger partial charge in [-0.3, -0.25) is 25.0 Å². The Labute approximate surface area is 124 Å². The average Bonchev–Trinajstić information content (AvgIpc) is 2.36. The molecule has 0 unspecified atom stereocenters. The smallest absolute Gasteiger partial charge is 0.311 e. The number of carbonyl (C=O) groups excluding carboxylic acids is 1. The Morgan fingerprint density at radius 2 is 1.77 bits per heavy atom. The summed E-state index contributed by atoms with van der Waals surface area (Å²) < 4.78 is 13.8. The van der Waals surface area contributed by atoms with Crippen LogP contribution < -0.4 is 11.5 Å². The number of nitro benzene ring substituents is 2. The lowest BCUT2D eigenvalue weighted by atomic mass is 9.81.